The van der Waals surface area contributed by atoms with Crippen LogP contribution in [0.15, 0.2) is 34.9 Å². The van der Waals surface area contributed by atoms with Gasteiger partial charge in [-0.3, -0.25) is 4.79 Å². The van der Waals surface area contributed by atoms with Gasteiger partial charge in [-0.2, -0.15) is 0 Å². The van der Waals surface area contributed by atoms with Crippen molar-refractivity contribution in [3.05, 3.63) is 41.2 Å². The van der Waals surface area contributed by atoms with Crippen LogP contribution in [-0.4, -0.2) is 24.0 Å². The second-order valence-corrected chi connectivity index (χ2v) is 5.41. The van der Waals surface area contributed by atoms with Gasteiger partial charge in [0.25, 0.3) is 0 Å². The highest BCUT2D eigenvalue weighted by molar-refractivity contribution is 6.30. The van der Waals surface area contributed by atoms with Crippen LogP contribution in [0, 0.1) is 5.92 Å². The maximum atomic E-state index is 11.8. The Bertz CT molecular complexity index is 599. The summed E-state index contributed by atoms with van der Waals surface area (Å²) in [6.07, 6.45) is 1.68. The van der Waals surface area contributed by atoms with E-state index in [1.807, 2.05) is 19.1 Å². The molecule has 0 aliphatic heterocycles. The standard InChI is InChI=1S/C15H18ClN3O2.ClH/c1-10(7-17)8-18-14(20)6-13-9-21-15(19-13)11-2-4-12(16)5-3-11;/h2-5,9-10H,6-8,17H2,1H3,(H,18,20);1H. The van der Waals surface area contributed by atoms with Gasteiger partial charge >= 0.3 is 0 Å². The quantitative estimate of drug-likeness (QED) is 0.844. The number of hydrogen-bond donors (Lipinski definition) is 2. The third kappa shape index (κ3) is 5.33. The molecule has 1 amide bonds. The van der Waals surface area contributed by atoms with Gasteiger partial charge in [-0.05, 0) is 36.7 Å². The summed E-state index contributed by atoms with van der Waals surface area (Å²) in [5.41, 5.74) is 6.92. The van der Waals surface area contributed by atoms with Crippen molar-refractivity contribution in [1.29, 1.82) is 0 Å². The Morgan fingerprint density at radius 2 is 2.09 bits per heavy atom. The van der Waals surface area contributed by atoms with Crippen molar-refractivity contribution in [2.75, 3.05) is 13.1 Å². The lowest BCUT2D eigenvalue weighted by atomic mass is 10.2. The smallest absolute Gasteiger partial charge is 0.226 e. The Kier molecular flexibility index (Phi) is 7.38. The molecule has 2 aromatic rings. The molecule has 0 fully saturated rings. The first kappa shape index (κ1) is 18.5. The Morgan fingerprint density at radius 3 is 2.73 bits per heavy atom. The van der Waals surface area contributed by atoms with E-state index in [1.54, 1.807) is 12.1 Å². The first-order chi connectivity index (χ1) is 10.1. The van der Waals surface area contributed by atoms with Crippen LogP contribution >= 0.6 is 24.0 Å². The van der Waals surface area contributed by atoms with Gasteiger partial charge in [0.05, 0.1) is 12.1 Å². The summed E-state index contributed by atoms with van der Waals surface area (Å²) in [7, 11) is 0. The first-order valence-electron chi connectivity index (χ1n) is 6.75. The monoisotopic (exact) mass is 343 g/mol. The third-order valence-electron chi connectivity index (χ3n) is 3.03. The minimum Gasteiger partial charge on any atom is -0.444 e. The Labute approximate surface area is 140 Å². The van der Waals surface area contributed by atoms with Crippen LogP contribution < -0.4 is 11.1 Å². The van der Waals surface area contributed by atoms with E-state index in [4.69, 9.17) is 21.8 Å². The fourth-order valence-electron chi connectivity index (χ4n) is 1.71. The van der Waals surface area contributed by atoms with Crippen molar-refractivity contribution < 1.29 is 9.21 Å². The number of nitrogens with two attached hydrogens (primary N) is 1. The van der Waals surface area contributed by atoms with Gasteiger partial charge in [0.15, 0.2) is 0 Å². The van der Waals surface area contributed by atoms with E-state index < -0.39 is 0 Å². The molecule has 3 N–H and O–H groups in total. The summed E-state index contributed by atoms with van der Waals surface area (Å²) < 4.78 is 5.38. The molecular formula is C15H19Cl2N3O2. The highest BCUT2D eigenvalue weighted by atomic mass is 35.5. The molecule has 1 aromatic heterocycles. The molecule has 1 unspecified atom stereocenters. The predicted molar refractivity (Wildman–Crippen MR) is 89.1 cm³/mol. The molecule has 0 saturated heterocycles. The van der Waals surface area contributed by atoms with Gasteiger partial charge in [-0.15, -0.1) is 12.4 Å². The average Bonchev–Trinajstić information content (AvgIpc) is 2.94. The third-order valence-corrected chi connectivity index (χ3v) is 3.29. The molecule has 0 saturated carbocycles. The van der Waals surface area contributed by atoms with Crippen molar-refractivity contribution in [1.82, 2.24) is 10.3 Å². The Morgan fingerprint density at radius 1 is 1.41 bits per heavy atom. The van der Waals surface area contributed by atoms with Crippen LogP contribution in [0.1, 0.15) is 12.6 Å². The molecule has 0 spiro atoms. The van der Waals surface area contributed by atoms with Gasteiger partial charge in [0.2, 0.25) is 11.8 Å². The Hall–Kier alpha value is -1.56. The summed E-state index contributed by atoms with van der Waals surface area (Å²) >= 11 is 5.83. The summed E-state index contributed by atoms with van der Waals surface area (Å²) in [6, 6.07) is 7.17. The number of aromatic nitrogens is 1. The number of halogens is 2. The molecule has 120 valence electrons. The van der Waals surface area contributed by atoms with Crippen LogP contribution in [0.25, 0.3) is 11.5 Å². The van der Waals surface area contributed by atoms with Crippen LogP contribution in [0.5, 0.6) is 0 Å². The number of oxazole rings is 1. The molecule has 1 aromatic carbocycles. The molecule has 0 bridgehead atoms. The molecule has 0 aliphatic rings. The maximum absolute atomic E-state index is 11.8. The van der Waals surface area contributed by atoms with E-state index in [-0.39, 0.29) is 30.7 Å². The zero-order valence-corrected chi connectivity index (χ0v) is 13.8. The van der Waals surface area contributed by atoms with Crippen LogP contribution in [-0.2, 0) is 11.2 Å². The number of rotatable bonds is 6. The zero-order valence-electron chi connectivity index (χ0n) is 12.2. The fraction of sp³-hybridized carbons (Fsp3) is 0.333. The zero-order chi connectivity index (χ0) is 15.2. The number of benzene rings is 1. The van der Waals surface area contributed by atoms with E-state index in [9.17, 15) is 4.79 Å². The molecule has 1 atom stereocenters. The van der Waals surface area contributed by atoms with Crippen molar-refractivity contribution in [2.24, 2.45) is 11.7 Å². The largest absolute Gasteiger partial charge is 0.444 e. The maximum Gasteiger partial charge on any atom is 0.226 e. The number of nitrogens with one attached hydrogen (secondary N) is 1. The normalized spacial score (nSPS) is 11.6. The van der Waals surface area contributed by atoms with Crippen molar-refractivity contribution >= 4 is 29.9 Å². The summed E-state index contributed by atoms with van der Waals surface area (Å²) in [5, 5.41) is 3.47. The molecule has 7 heteroatoms. The SMILES string of the molecule is CC(CN)CNC(=O)Cc1coc(-c2ccc(Cl)cc2)n1.Cl. The predicted octanol–water partition coefficient (Wildman–Crippen LogP) is 2.67. The van der Waals surface area contributed by atoms with E-state index in [1.165, 1.54) is 6.26 Å². The van der Waals surface area contributed by atoms with Gasteiger partial charge in [0.1, 0.15) is 6.26 Å². The molecule has 0 aliphatic carbocycles. The van der Waals surface area contributed by atoms with E-state index >= 15 is 0 Å². The van der Waals surface area contributed by atoms with Crippen LogP contribution in [0.2, 0.25) is 5.02 Å². The molecule has 5 nitrogen and oxygen atoms in total. The lowest BCUT2D eigenvalue weighted by molar-refractivity contribution is -0.120. The van der Waals surface area contributed by atoms with Gasteiger partial charge in [0, 0.05) is 17.1 Å². The minimum atomic E-state index is -0.0914. The topological polar surface area (TPSA) is 81.1 Å². The molecule has 22 heavy (non-hydrogen) atoms. The number of carbonyl (C=O) groups excluding carboxylic acids is 1. The van der Waals surface area contributed by atoms with Crippen molar-refractivity contribution in [3.8, 4) is 11.5 Å². The number of nitrogens with zero attached hydrogens (tertiary/aromatic N) is 1. The summed E-state index contributed by atoms with van der Waals surface area (Å²) in [4.78, 5) is 16.1. The summed E-state index contributed by atoms with van der Waals surface area (Å²) in [5.74, 6) is 0.645. The lowest BCUT2D eigenvalue weighted by Gasteiger charge is -2.08. The van der Waals surface area contributed by atoms with Crippen LogP contribution in [0.3, 0.4) is 0 Å². The summed E-state index contributed by atoms with van der Waals surface area (Å²) in [6.45, 7) is 3.09. The first-order valence-corrected chi connectivity index (χ1v) is 7.13. The van der Waals surface area contributed by atoms with Crippen molar-refractivity contribution in [2.45, 2.75) is 13.3 Å². The average molecular weight is 344 g/mol. The second-order valence-electron chi connectivity index (χ2n) is 4.97. The number of amides is 1. The van der Waals surface area contributed by atoms with Gasteiger partial charge < -0.3 is 15.5 Å². The van der Waals surface area contributed by atoms with E-state index in [2.05, 4.69) is 10.3 Å². The highest BCUT2D eigenvalue weighted by Crippen LogP contribution is 2.20. The molecule has 1 heterocycles. The number of hydrogen-bond acceptors (Lipinski definition) is 4. The second kappa shape index (κ2) is 8.78. The lowest BCUT2D eigenvalue weighted by Crippen LogP contribution is -2.32. The molecule has 0 radical (unpaired) electrons. The van der Waals surface area contributed by atoms with Crippen LogP contribution in [0.4, 0.5) is 0 Å². The number of carbonyl (C=O) groups is 1. The van der Waals surface area contributed by atoms with E-state index in [0.717, 1.165) is 5.56 Å². The van der Waals surface area contributed by atoms with Gasteiger partial charge in [-0.25, -0.2) is 4.98 Å². The van der Waals surface area contributed by atoms with E-state index in [0.29, 0.717) is 29.7 Å². The molecule has 2 rings (SSSR count). The van der Waals surface area contributed by atoms with Crippen molar-refractivity contribution in [3.63, 3.8) is 0 Å². The highest BCUT2D eigenvalue weighted by Gasteiger charge is 2.11. The Balaban J connectivity index is 0.00000242. The minimum absolute atomic E-state index is 0. The molecular weight excluding hydrogens is 325 g/mol. The van der Waals surface area contributed by atoms with Gasteiger partial charge in [-0.1, -0.05) is 18.5 Å². The fourth-order valence-corrected chi connectivity index (χ4v) is 1.84.